The molecular weight excluding hydrogens is 268 g/mol. The molecule has 1 saturated heterocycles. The number of ketones is 1. The first kappa shape index (κ1) is 16.0. The second-order valence-electron chi connectivity index (χ2n) is 5.24. The number of Topliss-reactive ketones (excluding diaryl/α,β-unsaturated/α-hetero) is 1. The Morgan fingerprint density at radius 1 is 1.19 bits per heavy atom. The lowest BCUT2D eigenvalue weighted by atomic mass is 9.85. The summed E-state index contributed by atoms with van der Waals surface area (Å²) in [5, 5.41) is 0. The molecule has 0 unspecified atom stereocenters. The summed E-state index contributed by atoms with van der Waals surface area (Å²) in [4.78, 5) is 12.8. The summed E-state index contributed by atoms with van der Waals surface area (Å²) in [6.07, 6.45) is 2.20. The van der Waals surface area contributed by atoms with Crippen molar-refractivity contribution in [3.8, 4) is 5.75 Å². The molecule has 0 aliphatic carbocycles. The van der Waals surface area contributed by atoms with Crippen LogP contribution >= 0.6 is 0 Å². The molecule has 1 fully saturated rings. The summed E-state index contributed by atoms with van der Waals surface area (Å²) in [5.74, 6) is 0.848. The summed E-state index contributed by atoms with van der Waals surface area (Å²) in [7, 11) is 0. The molecule has 1 aliphatic heterocycles. The summed E-state index contributed by atoms with van der Waals surface area (Å²) in [5.41, 5.74) is -0.0482. The van der Waals surface area contributed by atoms with Crippen LogP contribution in [0.25, 0.3) is 0 Å². The van der Waals surface area contributed by atoms with Crippen molar-refractivity contribution in [1.29, 1.82) is 0 Å². The van der Waals surface area contributed by atoms with Gasteiger partial charge in [-0.25, -0.2) is 0 Å². The van der Waals surface area contributed by atoms with E-state index in [-0.39, 0.29) is 5.78 Å². The Morgan fingerprint density at radius 3 is 2.43 bits per heavy atom. The summed E-state index contributed by atoms with van der Waals surface area (Å²) < 4.78 is 16.7. The van der Waals surface area contributed by atoms with Crippen molar-refractivity contribution in [3.63, 3.8) is 0 Å². The van der Waals surface area contributed by atoms with Gasteiger partial charge in [-0.2, -0.15) is 0 Å². The van der Waals surface area contributed by atoms with Crippen LogP contribution in [0.5, 0.6) is 5.75 Å². The van der Waals surface area contributed by atoms with Gasteiger partial charge in [-0.3, -0.25) is 4.79 Å². The standard InChI is InChI=1S/C17H24O4/c1-3-11-20-15-7-5-14(6-8-15)16(18)17(21-4-2)9-12-19-13-10-17/h5-8H,3-4,9-13H2,1-2H3. The maximum Gasteiger partial charge on any atom is 0.194 e. The zero-order chi connectivity index (χ0) is 15.1. The Balaban J connectivity index is 2.12. The normalized spacial score (nSPS) is 17.4. The van der Waals surface area contributed by atoms with Gasteiger partial charge in [0.25, 0.3) is 0 Å². The van der Waals surface area contributed by atoms with Gasteiger partial charge >= 0.3 is 0 Å². The predicted molar refractivity (Wildman–Crippen MR) is 81.0 cm³/mol. The van der Waals surface area contributed by atoms with E-state index < -0.39 is 5.60 Å². The largest absolute Gasteiger partial charge is 0.494 e. The lowest BCUT2D eigenvalue weighted by Crippen LogP contribution is -2.46. The number of benzene rings is 1. The van der Waals surface area contributed by atoms with Crippen LogP contribution in [-0.2, 0) is 9.47 Å². The number of carbonyl (C=O) groups is 1. The van der Waals surface area contributed by atoms with Crippen molar-refractivity contribution in [3.05, 3.63) is 29.8 Å². The first-order valence-electron chi connectivity index (χ1n) is 7.71. The highest BCUT2D eigenvalue weighted by molar-refractivity contribution is 6.02. The molecule has 0 saturated carbocycles. The van der Waals surface area contributed by atoms with Gasteiger partial charge in [0.1, 0.15) is 11.4 Å². The van der Waals surface area contributed by atoms with Crippen molar-refractivity contribution in [2.24, 2.45) is 0 Å². The van der Waals surface area contributed by atoms with E-state index in [0.717, 1.165) is 12.2 Å². The number of hydrogen-bond donors (Lipinski definition) is 0. The fraction of sp³-hybridized carbons (Fsp3) is 0.588. The third-order valence-corrected chi connectivity index (χ3v) is 3.72. The van der Waals surface area contributed by atoms with Gasteiger partial charge in [-0.05, 0) is 37.6 Å². The smallest absolute Gasteiger partial charge is 0.194 e. The van der Waals surface area contributed by atoms with Gasteiger partial charge in [0.15, 0.2) is 5.78 Å². The predicted octanol–water partition coefficient (Wildman–Crippen LogP) is 3.24. The molecule has 4 heteroatoms. The van der Waals surface area contributed by atoms with E-state index in [4.69, 9.17) is 14.2 Å². The molecule has 0 atom stereocenters. The lowest BCUT2D eigenvalue weighted by molar-refractivity contribution is -0.0822. The third-order valence-electron chi connectivity index (χ3n) is 3.72. The minimum absolute atomic E-state index is 0.0506. The molecule has 0 radical (unpaired) electrons. The van der Waals surface area contributed by atoms with Gasteiger partial charge in [0, 0.05) is 38.2 Å². The van der Waals surface area contributed by atoms with Crippen LogP contribution in [-0.4, -0.2) is 37.8 Å². The van der Waals surface area contributed by atoms with Crippen molar-refractivity contribution in [2.75, 3.05) is 26.4 Å². The van der Waals surface area contributed by atoms with Crippen LogP contribution < -0.4 is 4.74 Å². The minimum Gasteiger partial charge on any atom is -0.494 e. The van der Waals surface area contributed by atoms with Crippen LogP contribution in [0.15, 0.2) is 24.3 Å². The number of ether oxygens (including phenoxy) is 3. The molecule has 0 bridgehead atoms. The maximum atomic E-state index is 12.8. The molecule has 1 heterocycles. The molecule has 0 spiro atoms. The summed E-state index contributed by atoms with van der Waals surface area (Å²) in [6, 6.07) is 7.34. The molecule has 1 aliphatic rings. The van der Waals surface area contributed by atoms with E-state index >= 15 is 0 Å². The van der Waals surface area contributed by atoms with Crippen LogP contribution in [0.2, 0.25) is 0 Å². The molecule has 21 heavy (non-hydrogen) atoms. The molecule has 2 rings (SSSR count). The highest BCUT2D eigenvalue weighted by Gasteiger charge is 2.41. The Kier molecular flexibility index (Phi) is 5.76. The zero-order valence-electron chi connectivity index (χ0n) is 12.9. The van der Waals surface area contributed by atoms with Crippen molar-refractivity contribution in [1.82, 2.24) is 0 Å². The second kappa shape index (κ2) is 7.57. The third kappa shape index (κ3) is 3.83. The Labute approximate surface area is 126 Å². The van der Waals surface area contributed by atoms with Gasteiger partial charge < -0.3 is 14.2 Å². The van der Waals surface area contributed by atoms with Crippen molar-refractivity contribution >= 4 is 5.78 Å². The van der Waals surface area contributed by atoms with E-state index in [0.29, 0.717) is 44.8 Å². The molecule has 1 aromatic rings. The fourth-order valence-corrected chi connectivity index (χ4v) is 2.60. The summed E-state index contributed by atoms with van der Waals surface area (Å²) in [6.45, 7) is 6.35. The van der Waals surface area contributed by atoms with Crippen LogP contribution in [0.3, 0.4) is 0 Å². The second-order valence-corrected chi connectivity index (χ2v) is 5.24. The molecular formula is C17H24O4. The number of carbonyl (C=O) groups excluding carboxylic acids is 1. The fourth-order valence-electron chi connectivity index (χ4n) is 2.60. The topological polar surface area (TPSA) is 44.8 Å². The van der Waals surface area contributed by atoms with Crippen molar-refractivity contribution in [2.45, 2.75) is 38.7 Å². The molecule has 1 aromatic carbocycles. The quantitative estimate of drug-likeness (QED) is 0.724. The van der Waals surface area contributed by atoms with Gasteiger partial charge in [0.05, 0.1) is 6.61 Å². The van der Waals surface area contributed by atoms with Gasteiger partial charge in [-0.1, -0.05) is 6.92 Å². The van der Waals surface area contributed by atoms with E-state index in [1.807, 2.05) is 31.2 Å². The van der Waals surface area contributed by atoms with E-state index in [2.05, 4.69) is 6.92 Å². The lowest BCUT2D eigenvalue weighted by Gasteiger charge is -2.35. The average molecular weight is 292 g/mol. The maximum absolute atomic E-state index is 12.8. The molecule has 0 aromatic heterocycles. The summed E-state index contributed by atoms with van der Waals surface area (Å²) >= 11 is 0. The van der Waals surface area contributed by atoms with Crippen molar-refractivity contribution < 1.29 is 19.0 Å². The van der Waals surface area contributed by atoms with E-state index in [9.17, 15) is 4.79 Å². The first-order chi connectivity index (χ1) is 10.2. The van der Waals surface area contributed by atoms with Crippen LogP contribution in [0.4, 0.5) is 0 Å². The highest BCUT2D eigenvalue weighted by atomic mass is 16.5. The van der Waals surface area contributed by atoms with Gasteiger partial charge in [0.2, 0.25) is 0 Å². The Morgan fingerprint density at radius 2 is 1.86 bits per heavy atom. The zero-order valence-corrected chi connectivity index (χ0v) is 12.9. The van der Waals surface area contributed by atoms with E-state index in [1.165, 1.54) is 0 Å². The van der Waals surface area contributed by atoms with Crippen LogP contribution in [0, 0.1) is 0 Å². The molecule has 0 N–H and O–H groups in total. The molecule has 116 valence electrons. The SMILES string of the molecule is CCCOc1ccc(C(=O)C2(OCC)CCOCC2)cc1. The molecule has 0 amide bonds. The Hall–Kier alpha value is -1.39. The highest BCUT2D eigenvalue weighted by Crippen LogP contribution is 2.30. The average Bonchev–Trinajstić information content (AvgIpc) is 2.54. The molecule has 4 nitrogen and oxygen atoms in total. The number of hydrogen-bond acceptors (Lipinski definition) is 4. The monoisotopic (exact) mass is 292 g/mol. The van der Waals surface area contributed by atoms with E-state index in [1.54, 1.807) is 0 Å². The Bertz CT molecular complexity index is 441. The number of rotatable bonds is 7. The minimum atomic E-state index is -0.723. The first-order valence-corrected chi connectivity index (χ1v) is 7.71. The van der Waals surface area contributed by atoms with Gasteiger partial charge in [-0.15, -0.1) is 0 Å². The van der Waals surface area contributed by atoms with Crippen LogP contribution in [0.1, 0.15) is 43.5 Å².